The van der Waals surface area contributed by atoms with Gasteiger partial charge in [0.25, 0.3) is 0 Å². The molecule has 0 amide bonds. The average Bonchev–Trinajstić information content (AvgIpc) is 2.73. The first-order valence-corrected chi connectivity index (χ1v) is 12.4. The Hall–Kier alpha value is -1.89. The summed E-state index contributed by atoms with van der Waals surface area (Å²) in [5.74, 6) is -3.59. The number of hydrogen-bond acceptors (Lipinski definition) is 4. The van der Waals surface area contributed by atoms with Gasteiger partial charge in [-0.1, -0.05) is 52.2 Å². The van der Waals surface area contributed by atoms with Gasteiger partial charge >= 0.3 is 11.9 Å². The van der Waals surface area contributed by atoms with Crippen molar-refractivity contribution < 1.29 is 34.2 Å². The van der Waals surface area contributed by atoms with Crippen LogP contribution in [0.4, 0.5) is 0 Å². The van der Waals surface area contributed by atoms with Crippen molar-refractivity contribution in [2.45, 2.75) is 123 Å². The smallest absolute Gasteiger partial charge is 0.362 e. The Morgan fingerprint density at radius 3 is 1.62 bits per heavy atom. The summed E-state index contributed by atoms with van der Waals surface area (Å²) < 4.78 is -0.443. The summed E-state index contributed by atoms with van der Waals surface area (Å²) >= 11 is 0. The van der Waals surface area contributed by atoms with E-state index in [0.29, 0.717) is 25.7 Å². The molecule has 0 aliphatic carbocycles. The van der Waals surface area contributed by atoms with Gasteiger partial charge < -0.3 is 20.1 Å². The summed E-state index contributed by atoms with van der Waals surface area (Å²) in [6.07, 6.45) is 11.9. The molecule has 7 heteroatoms. The maximum atomic E-state index is 12.4. The molecule has 0 bridgehead atoms. The summed E-state index contributed by atoms with van der Waals surface area (Å²) in [5, 5.41) is 32.6. The van der Waals surface area contributed by atoms with Gasteiger partial charge in [-0.3, -0.25) is 4.48 Å². The Bertz CT molecular complexity index is 529. The predicted octanol–water partition coefficient (Wildman–Crippen LogP) is 4.15. The summed E-state index contributed by atoms with van der Waals surface area (Å²) in [7, 11) is 0. The van der Waals surface area contributed by atoms with Gasteiger partial charge in [0.1, 0.15) is 6.04 Å². The van der Waals surface area contributed by atoms with Crippen LogP contribution >= 0.6 is 0 Å². The van der Waals surface area contributed by atoms with Gasteiger partial charge in [0, 0.05) is 19.3 Å². The number of nitrogens with zero attached hydrogens (tertiary/aromatic N) is 1. The maximum Gasteiger partial charge on any atom is 0.362 e. The average molecular weight is 456 g/mol. The molecule has 0 fully saturated rings. The zero-order valence-corrected chi connectivity index (χ0v) is 20.6. The molecule has 32 heavy (non-hydrogen) atoms. The van der Waals surface area contributed by atoms with E-state index in [2.05, 4.69) is 6.08 Å². The van der Waals surface area contributed by atoms with E-state index in [-0.39, 0.29) is 25.8 Å². The molecule has 0 aliphatic heterocycles. The van der Waals surface area contributed by atoms with Gasteiger partial charge in [0.15, 0.2) is 12.1 Å². The van der Waals surface area contributed by atoms with Crippen LogP contribution in [0, 0.1) is 0 Å². The van der Waals surface area contributed by atoms with E-state index < -0.39 is 40.5 Å². The molecule has 0 radical (unpaired) electrons. The first-order chi connectivity index (χ1) is 15.2. The number of carboxylic acids is 3. The lowest BCUT2D eigenvalue weighted by molar-refractivity contribution is -0.975. The molecule has 0 aromatic rings. The Balaban J connectivity index is 6.14. The molecule has 7 nitrogen and oxygen atoms in total. The van der Waals surface area contributed by atoms with Gasteiger partial charge in [-0.2, -0.15) is 0 Å². The Kier molecular flexibility index (Phi) is 15.7. The van der Waals surface area contributed by atoms with Crippen molar-refractivity contribution in [2.75, 3.05) is 6.54 Å². The van der Waals surface area contributed by atoms with E-state index in [0.717, 1.165) is 32.1 Å². The number of aliphatic carboxylic acids is 3. The molecule has 2 N–H and O–H groups in total. The van der Waals surface area contributed by atoms with E-state index in [1.54, 1.807) is 0 Å². The second-order valence-electron chi connectivity index (χ2n) is 8.75. The van der Waals surface area contributed by atoms with Crippen molar-refractivity contribution in [1.82, 2.24) is 0 Å². The second-order valence-corrected chi connectivity index (χ2v) is 8.75. The monoisotopic (exact) mass is 455 g/mol. The van der Waals surface area contributed by atoms with E-state index in [9.17, 15) is 29.7 Å². The molecule has 0 saturated heterocycles. The fourth-order valence-electron chi connectivity index (χ4n) is 4.98. The molecule has 0 heterocycles. The van der Waals surface area contributed by atoms with Crippen molar-refractivity contribution in [2.24, 2.45) is 0 Å². The predicted molar refractivity (Wildman–Crippen MR) is 124 cm³/mol. The molecule has 0 aliphatic rings. The van der Waals surface area contributed by atoms with Crippen LogP contribution < -0.4 is 5.11 Å². The topological polar surface area (TPSA) is 115 Å². The van der Waals surface area contributed by atoms with Crippen LogP contribution in [-0.4, -0.2) is 57.3 Å². The highest BCUT2D eigenvalue weighted by atomic mass is 16.4. The number of hydrogen-bond donors (Lipinski definition) is 2. The number of carbonyl (C=O) groups excluding carboxylic acids is 1. The van der Waals surface area contributed by atoms with Crippen molar-refractivity contribution in [3.63, 3.8) is 0 Å². The second kappa shape index (κ2) is 16.7. The lowest BCUT2D eigenvalue weighted by atomic mass is 9.91. The molecule has 3 atom stereocenters. The number of carboxylic acid groups (broad SMARTS) is 3. The van der Waals surface area contributed by atoms with Crippen LogP contribution in [0.1, 0.15) is 105 Å². The molecule has 0 spiro atoms. The summed E-state index contributed by atoms with van der Waals surface area (Å²) in [5.41, 5.74) is 0. The van der Waals surface area contributed by atoms with Gasteiger partial charge in [-0.15, -0.1) is 0 Å². The van der Waals surface area contributed by atoms with Gasteiger partial charge in [-0.05, 0) is 45.4 Å². The number of allylic oxidation sites excluding steroid dienone is 2. The highest BCUT2D eigenvalue weighted by Crippen LogP contribution is 2.34. The molecular formula is C25H45NO6. The third-order valence-electron chi connectivity index (χ3n) is 6.42. The minimum atomic E-state index is -1.34. The molecule has 0 rings (SSSR count). The minimum absolute atomic E-state index is 0.201. The minimum Gasteiger partial charge on any atom is -0.544 e. The molecule has 0 aromatic heterocycles. The lowest BCUT2D eigenvalue weighted by Gasteiger charge is -2.52. The van der Waals surface area contributed by atoms with Gasteiger partial charge in [-0.25, -0.2) is 9.59 Å². The van der Waals surface area contributed by atoms with Crippen LogP contribution in [-0.2, 0) is 14.4 Å². The molecule has 0 saturated carbocycles. The molecular weight excluding hydrogens is 410 g/mol. The standard InChI is InChI=1S/C25H45NO6/c1-5-9-10-11-12-13-14-15-19-26(20(16-6-2)23(27)28,21(17-7-3)24(29)30)22(18-8-4)25(31)32/h5,9,20-22H,6-8,10-19H2,1-4H3,(H2-,27,28,29,30,31,32)/b9-5+. The third kappa shape index (κ3) is 8.93. The van der Waals surface area contributed by atoms with Crippen molar-refractivity contribution >= 4 is 17.9 Å². The van der Waals surface area contributed by atoms with E-state index in [1.807, 2.05) is 33.8 Å². The van der Waals surface area contributed by atoms with Crippen molar-refractivity contribution in [3.8, 4) is 0 Å². The normalized spacial score (nSPS) is 16.4. The zero-order valence-electron chi connectivity index (χ0n) is 20.6. The first-order valence-electron chi connectivity index (χ1n) is 12.4. The fourth-order valence-corrected chi connectivity index (χ4v) is 4.98. The SMILES string of the molecule is C/C=C/CCCCCCC[N+](C(CCC)C(=O)[O-])(C(CCC)C(=O)O)C(CCC)C(=O)O. The van der Waals surface area contributed by atoms with E-state index in [4.69, 9.17) is 0 Å². The van der Waals surface area contributed by atoms with Crippen LogP contribution in [0.3, 0.4) is 0 Å². The molecule has 0 aromatic carbocycles. The van der Waals surface area contributed by atoms with Crippen molar-refractivity contribution in [3.05, 3.63) is 12.2 Å². The van der Waals surface area contributed by atoms with Crippen LogP contribution in [0.2, 0.25) is 0 Å². The highest BCUT2D eigenvalue weighted by molar-refractivity contribution is 5.77. The van der Waals surface area contributed by atoms with Gasteiger partial charge in [0.2, 0.25) is 0 Å². The Morgan fingerprint density at radius 2 is 1.22 bits per heavy atom. The first kappa shape index (κ1) is 30.1. The number of unbranched alkanes of at least 4 members (excludes halogenated alkanes) is 5. The highest BCUT2D eigenvalue weighted by Gasteiger charge is 2.54. The van der Waals surface area contributed by atoms with Crippen LogP contribution in [0.5, 0.6) is 0 Å². The molecule has 3 unspecified atom stereocenters. The Labute approximate surface area is 194 Å². The van der Waals surface area contributed by atoms with E-state index >= 15 is 0 Å². The third-order valence-corrected chi connectivity index (χ3v) is 6.42. The molecule has 186 valence electrons. The Morgan fingerprint density at radius 1 is 0.781 bits per heavy atom. The van der Waals surface area contributed by atoms with Crippen molar-refractivity contribution in [1.29, 1.82) is 0 Å². The largest absolute Gasteiger partial charge is 0.544 e. The summed E-state index contributed by atoms with van der Waals surface area (Å²) in [6, 6.07) is -3.33. The maximum absolute atomic E-state index is 12.4. The summed E-state index contributed by atoms with van der Waals surface area (Å²) in [6.45, 7) is 7.74. The fraction of sp³-hybridized carbons (Fsp3) is 0.800. The van der Waals surface area contributed by atoms with Crippen LogP contribution in [0.15, 0.2) is 12.2 Å². The lowest BCUT2D eigenvalue weighted by Crippen LogP contribution is -2.74. The van der Waals surface area contributed by atoms with E-state index in [1.165, 1.54) is 0 Å². The van der Waals surface area contributed by atoms with Crippen LogP contribution in [0.25, 0.3) is 0 Å². The number of quaternary nitrogens is 1. The zero-order chi connectivity index (χ0) is 24.6. The van der Waals surface area contributed by atoms with Gasteiger partial charge in [0.05, 0.1) is 12.5 Å². The number of rotatable bonds is 20. The summed E-state index contributed by atoms with van der Waals surface area (Å²) in [4.78, 5) is 37.1. The number of carbonyl (C=O) groups is 3. The quantitative estimate of drug-likeness (QED) is 0.162.